The van der Waals surface area contributed by atoms with E-state index in [1.54, 1.807) is 66.0 Å². The van der Waals surface area contributed by atoms with Crippen molar-refractivity contribution in [3.8, 4) is 0 Å². The summed E-state index contributed by atoms with van der Waals surface area (Å²) in [6, 6.07) is 16.2. The summed E-state index contributed by atoms with van der Waals surface area (Å²) in [5, 5.41) is 7.26. The van der Waals surface area contributed by atoms with E-state index in [-0.39, 0.29) is 16.2 Å². The Balaban J connectivity index is 1.77. The second-order valence-electron chi connectivity index (χ2n) is 7.08. The van der Waals surface area contributed by atoms with Crippen LogP contribution in [0, 0.1) is 0 Å². The predicted molar refractivity (Wildman–Crippen MR) is 123 cm³/mol. The van der Waals surface area contributed by atoms with Crippen molar-refractivity contribution < 1.29 is 18.0 Å². The molecular weight excluding hydrogens is 434 g/mol. The minimum Gasteiger partial charge on any atom is -0.350 e. The van der Waals surface area contributed by atoms with Crippen molar-refractivity contribution in [2.24, 2.45) is 0 Å². The first-order valence-corrected chi connectivity index (χ1v) is 11.9. The molecule has 1 heterocycles. The first-order valence-electron chi connectivity index (χ1n) is 9.54. The van der Waals surface area contributed by atoms with Gasteiger partial charge in [-0.1, -0.05) is 18.2 Å². The normalized spacial score (nSPS) is 11.2. The number of anilines is 2. The summed E-state index contributed by atoms with van der Waals surface area (Å²) in [5.74, 6) is -0.679. The van der Waals surface area contributed by atoms with Crippen LogP contribution in [0.3, 0.4) is 0 Å². The van der Waals surface area contributed by atoms with Crippen molar-refractivity contribution in [3.05, 3.63) is 77.2 Å². The fourth-order valence-electron chi connectivity index (χ4n) is 2.83. The molecule has 2 amide bonds. The van der Waals surface area contributed by atoms with Gasteiger partial charge in [0.15, 0.2) is 0 Å². The molecule has 31 heavy (non-hydrogen) atoms. The molecule has 0 spiro atoms. The van der Waals surface area contributed by atoms with Gasteiger partial charge in [0.25, 0.3) is 21.8 Å². The molecule has 0 atom stereocenters. The Morgan fingerprint density at radius 3 is 2.23 bits per heavy atom. The van der Waals surface area contributed by atoms with Gasteiger partial charge in [-0.05, 0) is 61.7 Å². The number of benzene rings is 2. The Bertz CT molecular complexity index is 1170. The van der Waals surface area contributed by atoms with Crippen LogP contribution in [0.1, 0.15) is 34.6 Å². The van der Waals surface area contributed by atoms with E-state index in [0.29, 0.717) is 22.5 Å². The van der Waals surface area contributed by atoms with Gasteiger partial charge in [-0.15, -0.1) is 11.3 Å². The largest absolute Gasteiger partial charge is 0.350 e. The van der Waals surface area contributed by atoms with Gasteiger partial charge >= 0.3 is 0 Å². The number of nitrogens with zero attached hydrogens (tertiary/aromatic N) is 1. The van der Waals surface area contributed by atoms with E-state index < -0.39 is 15.9 Å². The number of para-hydroxylation sites is 1. The van der Waals surface area contributed by atoms with Crippen LogP contribution in [-0.4, -0.2) is 33.3 Å². The third kappa shape index (κ3) is 5.12. The standard InChI is InChI=1S/C22H23N3O4S2/c1-15(2)23-22(27)18-7-4-5-8-19(18)24-21(26)16-10-12-17(13-11-16)25(3)31(28,29)20-9-6-14-30-20/h4-15H,1-3H3,(H,23,27)(H,24,26). The van der Waals surface area contributed by atoms with Crippen LogP contribution in [0.2, 0.25) is 0 Å². The lowest BCUT2D eigenvalue weighted by Gasteiger charge is -2.18. The number of carbonyl (C=O) groups excluding carboxylic acids is 2. The van der Waals surface area contributed by atoms with Crippen LogP contribution in [0.5, 0.6) is 0 Å². The molecule has 0 saturated heterocycles. The number of amides is 2. The van der Waals surface area contributed by atoms with Gasteiger partial charge in [0.1, 0.15) is 4.21 Å². The lowest BCUT2D eigenvalue weighted by atomic mass is 10.1. The molecule has 0 bridgehead atoms. The summed E-state index contributed by atoms with van der Waals surface area (Å²) in [7, 11) is -2.18. The fourth-order valence-corrected chi connectivity index (χ4v) is 5.19. The summed E-state index contributed by atoms with van der Waals surface area (Å²) in [4.78, 5) is 25.1. The van der Waals surface area contributed by atoms with Gasteiger partial charge in [-0.25, -0.2) is 8.42 Å². The molecule has 1 aromatic heterocycles. The summed E-state index contributed by atoms with van der Waals surface area (Å²) in [6.45, 7) is 3.71. The number of hydrogen-bond acceptors (Lipinski definition) is 5. The second-order valence-corrected chi connectivity index (χ2v) is 10.2. The monoisotopic (exact) mass is 457 g/mol. The molecule has 2 aromatic carbocycles. The Hall–Kier alpha value is -3.17. The third-order valence-electron chi connectivity index (χ3n) is 4.44. The van der Waals surface area contributed by atoms with Crippen molar-refractivity contribution in [2.45, 2.75) is 24.1 Å². The SMILES string of the molecule is CC(C)NC(=O)c1ccccc1NC(=O)c1ccc(N(C)S(=O)(=O)c2cccs2)cc1. The lowest BCUT2D eigenvalue weighted by Crippen LogP contribution is -2.31. The molecular formula is C22H23N3O4S2. The van der Waals surface area contributed by atoms with E-state index in [1.165, 1.54) is 11.4 Å². The highest BCUT2D eigenvalue weighted by molar-refractivity contribution is 7.94. The summed E-state index contributed by atoms with van der Waals surface area (Å²) >= 11 is 1.14. The average molecular weight is 458 g/mol. The molecule has 2 N–H and O–H groups in total. The molecule has 0 radical (unpaired) electrons. The smallest absolute Gasteiger partial charge is 0.273 e. The zero-order valence-electron chi connectivity index (χ0n) is 17.3. The van der Waals surface area contributed by atoms with E-state index in [4.69, 9.17) is 0 Å². The maximum atomic E-state index is 12.7. The molecule has 0 fully saturated rings. The Morgan fingerprint density at radius 1 is 0.935 bits per heavy atom. The molecule has 162 valence electrons. The Labute approximate surface area is 185 Å². The molecule has 0 unspecified atom stereocenters. The zero-order valence-corrected chi connectivity index (χ0v) is 19.0. The Kier molecular flexibility index (Phi) is 6.77. The van der Waals surface area contributed by atoms with Crippen LogP contribution in [0.15, 0.2) is 70.3 Å². The first kappa shape index (κ1) is 22.5. The summed E-state index contributed by atoms with van der Waals surface area (Å²) in [5.41, 5.74) is 1.53. The molecule has 0 saturated carbocycles. The molecule has 0 aliphatic carbocycles. The van der Waals surface area contributed by atoms with E-state index in [2.05, 4.69) is 10.6 Å². The number of rotatable bonds is 7. The molecule has 3 rings (SSSR count). The van der Waals surface area contributed by atoms with Crippen molar-refractivity contribution >= 4 is 44.5 Å². The molecule has 0 aliphatic rings. The maximum absolute atomic E-state index is 12.7. The quantitative estimate of drug-likeness (QED) is 0.561. The van der Waals surface area contributed by atoms with Gasteiger partial charge in [0, 0.05) is 18.7 Å². The summed E-state index contributed by atoms with van der Waals surface area (Å²) < 4.78 is 26.7. The van der Waals surface area contributed by atoms with Crippen LogP contribution in [0.4, 0.5) is 11.4 Å². The first-order chi connectivity index (χ1) is 14.7. The van der Waals surface area contributed by atoms with Crippen molar-refractivity contribution in [2.75, 3.05) is 16.7 Å². The van der Waals surface area contributed by atoms with Crippen molar-refractivity contribution in [3.63, 3.8) is 0 Å². The lowest BCUT2D eigenvalue weighted by molar-refractivity contribution is 0.0944. The minimum absolute atomic E-state index is 0.0359. The number of carbonyl (C=O) groups is 2. The van der Waals surface area contributed by atoms with Gasteiger partial charge in [0.05, 0.1) is 16.9 Å². The highest BCUT2D eigenvalue weighted by Crippen LogP contribution is 2.25. The van der Waals surface area contributed by atoms with Crippen molar-refractivity contribution in [1.82, 2.24) is 5.32 Å². The molecule has 9 heteroatoms. The van der Waals surface area contributed by atoms with Gasteiger partial charge in [0.2, 0.25) is 0 Å². The third-order valence-corrected chi connectivity index (χ3v) is 7.60. The zero-order chi connectivity index (χ0) is 22.6. The molecule has 7 nitrogen and oxygen atoms in total. The van der Waals surface area contributed by atoms with Crippen LogP contribution in [0.25, 0.3) is 0 Å². The topological polar surface area (TPSA) is 95.6 Å². The molecule has 3 aromatic rings. The van der Waals surface area contributed by atoms with E-state index in [9.17, 15) is 18.0 Å². The van der Waals surface area contributed by atoms with Gasteiger partial charge in [-0.2, -0.15) is 0 Å². The van der Waals surface area contributed by atoms with Crippen LogP contribution in [-0.2, 0) is 10.0 Å². The fraction of sp³-hybridized carbons (Fsp3) is 0.182. The number of sulfonamides is 1. The van der Waals surface area contributed by atoms with Crippen molar-refractivity contribution in [1.29, 1.82) is 0 Å². The van der Waals surface area contributed by atoms with E-state index >= 15 is 0 Å². The van der Waals surface area contributed by atoms with E-state index in [0.717, 1.165) is 11.3 Å². The Morgan fingerprint density at radius 2 is 1.61 bits per heavy atom. The van der Waals surface area contributed by atoms with Crippen LogP contribution < -0.4 is 14.9 Å². The second kappa shape index (κ2) is 9.32. The van der Waals surface area contributed by atoms with Crippen LogP contribution >= 0.6 is 11.3 Å². The number of thiophene rings is 1. The number of hydrogen-bond donors (Lipinski definition) is 2. The minimum atomic E-state index is -3.65. The molecule has 0 aliphatic heterocycles. The van der Waals surface area contributed by atoms with Gasteiger partial charge in [-0.3, -0.25) is 13.9 Å². The highest BCUT2D eigenvalue weighted by Gasteiger charge is 2.22. The van der Waals surface area contributed by atoms with E-state index in [1.807, 2.05) is 13.8 Å². The highest BCUT2D eigenvalue weighted by atomic mass is 32.2. The number of nitrogens with one attached hydrogen (secondary N) is 2. The maximum Gasteiger partial charge on any atom is 0.273 e. The summed E-state index contributed by atoms with van der Waals surface area (Å²) in [6.07, 6.45) is 0. The van der Waals surface area contributed by atoms with Gasteiger partial charge < -0.3 is 10.6 Å². The average Bonchev–Trinajstić information content (AvgIpc) is 3.29. The predicted octanol–water partition coefficient (Wildman–Crippen LogP) is 3.96.